The van der Waals surface area contributed by atoms with E-state index in [2.05, 4.69) is 0 Å². The largest absolute Gasteiger partial charge is 0.339 e. The Morgan fingerprint density at radius 3 is 2.09 bits per heavy atom. The summed E-state index contributed by atoms with van der Waals surface area (Å²) in [6, 6.07) is 6.01. The first-order valence-electron chi connectivity index (χ1n) is 7.99. The monoisotopic (exact) mass is 306 g/mol. The summed E-state index contributed by atoms with van der Waals surface area (Å²) in [4.78, 5) is 27.6. The van der Waals surface area contributed by atoms with Gasteiger partial charge in [0.15, 0.2) is 0 Å². The number of rotatable bonds is 2. The molecular formula is C17H23FN2O2. The molecule has 1 saturated carbocycles. The zero-order valence-corrected chi connectivity index (χ0v) is 13.2. The lowest BCUT2D eigenvalue weighted by atomic mass is 10.1. The summed E-state index contributed by atoms with van der Waals surface area (Å²) >= 11 is 0. The number of amides is 2. The van der Waals surface area contributed by atoms with E-state index in [0.29, 0.717) is 26.2 Å². The molecule has 1 aromatic carbocycles. The second-order valence-electron chi connectivity index (χ2n) is 5.37. The summed E-state index contributed by atoms with van der Waals surface area (Å²) in [5.41, 5.74) is 0.106. The Morgan fingerprint density at radius 2 is 1.55 bits per heavy atom. The van der Waals surface area contributed by atoms with Crippen molar-refractivity contribution in [2.45, 2.75) is 26.7 Å². The van der Waals surface area contributed by atoms with Gasteiger partial charge in [-0.15, -0.1) is 0 Å². The summed E-state index contributed by atoms with van der Waals surface area (Å²) in [5, 5.41) is 0. The first kappa shape index (κ1) is 16.5. The van der Waals surface area contributed by atoms with Crippen LogP contribution in [0.15, 0.2) is 24.3 Å². The minimum atomic E-state index is -0.492. The van der Waals surface area contributed by atoms with Crippen LogP contribution in [0.3, 0.4) is 0 Å². The van der Waals surface area contributed by atoms with Crippen molar-refractivity contribution in [2.75, 3.05) is 26.2 Å². The third-order valence-electron chi connectivity index (χ3n) is 3.91. The van der Waals surface area contributed by atoms with Crippen LogP contribution in [0.25, 0.3) is 0 Å². The first-order chi connectivity index (χ1) is 10.7. The fourth-order valence-corrected chi connectivity index (χ4v) is 2.52. The second kappa shape index (κ2) is 7.38. The molecule has 1 aliphatic heterocycles. The van der Waals surface area contributed by atoms with Gasteiger partial charge in [0.2, 0.25) is 5.91 Å². The fourth-order valence-electron chi connectivity index (χ4n) is 2.52. The maximum Gasteiger partial charge on any atom is 0.256 e. The van der Waals surface area contributed by atoms with Crippen LogP contribution in [0.5, 0.6) is 0 Å². The molecule has 2 amide bonds. The van der Waals surface area contributed by atoms with Crippen LogP contribution in [-0.2, 0) is 4.79 Å². The van der Waals surface area contributed by atoms with Crippen molar-refractivity contribution < 1.29 is 14.0 Å². The normalized spacial score (nSPS) is 17.6. The molecule has 3 rings (SSSR count). The van der Waals surface area contributed by atoms with Crippen molar-refractivity contribution in [3.8, 4) is 0 Å². The van der Waals surface area contributed by atoms with E-state index in [9.17, 15) is 14.0 Å². The van der Waals surface area contributed by atoms with Crippen molar-refractivity contribution in [2.24, 2.45) is 5.92 Å². The Hall–Kier alpha value is -1.91. The second-order valence-corrected chi connectivity index (χ2v) is 5.37. The van der Waals surface area contributed by atoms with Gasteiger partial charge < -0.3 is 9.80 Å². The predicted octanol–water partition coefficient (Wildman–Crippen LogP) is 2.55. The minimum Gasteiger partial charge on any atom is -0.339 e. The summed E-state index contributed by atoms with van der Waals surface area (Å²) in [7, 11) is 0. The molecule has 5 heteroatoms. The molecule has 22 heavy (non-hydrogen) atoms. The average molecular weight is 306 g/mol. The molecule has 1 saturated heterocycles. The predicted molar refractivity (Wildman–Crippen MR) is 83.0 cm³/mol. The van der Waals surface area contributed by atoms with Crippen LogP contribution in [-0.4, -0.2) is 47.8 Å². The molecule has 120 valence electrons. The van der Waals surface area contributed by atoms with Crippen LogP contribution >= 0.6 is 0 Å². The molecule has 0 radical (unpaired) electrons. The average Bonchev–Trinajstić information content (AvgIpc) is 3.41. The van der Waals surface area contributed by atoms with Gasteiger partial charge in [0, 0.05) is 32.1 Å². The molecule has 0 bridgehead atoms. The molecule has 1 heterocycles. The highest BCUT2D eigenvalue weighted by Crippen LogP contribution is 2.31. The van der Waals surface area contributed by atoms with E-state index in [-0.39, 0.29) is 23.3 Å². The quantitative estimate of drug-likeness (QED) is 0.842. The van der Waals surface area contributed by atoms with Crippen molar-refractivity contribution in [1.29, 1.82) is 0 Å². The Morgan fingerprint density at radius 1 is 1.00 bits per heavy atom. The number of carbonyl (C=O) groups is 2. The molecule has 1 aliphatic carbocycles. The Bertz CT molecular complexity index is 535. The Labute approximate surface area is 130 Å². The number of carbonyl (C=O) groups excluding carboxylic acids is 2. The Balaban J connectivity index is 0.000000847. The maximum absolute atomic E-state index is 13.6. The summed E-state index contributed by atoms with van der Waals surface area (Å²) in [6.45, 7) is 6.06. The molecule has 0 unspecified atom stereocenters. The molecule has 0 N–H and O–H groups in total. The molecule has 4 nitrogen and oxygen atoms in total. The molecular weight excluding hydrogens is 283 g/mol. The number of benzene rings is 1. The number of piperazine rings is 1. The lowest BCUT2D eigenvalue weighted by Crippen LogP contribution is -2.51. The number of hydrogen-bond acceptors (Lipinski definition) is 2. The summed E-state index contributed by atoms with van der Waals surface area (Å²) in [5.74, 6) is -0.359. The molecule has 1 aromatic rings. The van der Waals surface area contributed by atoms with Gasteiger partial charge in [-0.2, -0.15) is 0 Å². The lowest BCUT2D eigenvalue weighted by molar-refractivity contribution is -0.134. The van der Waals surface area contributed by atoms with Gasteiger partial charge >= 0.3 is 0 Å². The van der Waals surface area contributed by atoms with E-state index in [1.807, 2.05) is 18.7 Å². The fraction of sp³-hybridized carbons (Fsp3) is 0.529. The summed E-state index contributed by atoms with van der Waals surface area (Å²) in [6.07, 6.45) is 1.99. The molecule has 0 atom stereocenters. The highest BCUT2D eigenvalue weighted by atomic mass is 19.1. The number of hydrogen-bond donors (Lipinski definition) is 0. The van der Waals surface area contributed by atoms with Crippen LogP contribution in [0.4, 0.5) is 4.39 Å². The highest BCUT2D eigenvalue weighted by molar-refractivity contribution is 5.94. The van der Waals surface area contributed by atoms with E-state index in [0.717, 1.165) is 12.8 Å². The smallest absolute Gasteiger partial charge is 0.256 e. The Kier molecular flexibility index (Phi) is 5.52. The van der Waals surface area contributed by atoms with Crippen molar-refractivity contribution in [1.82, 2.24) is 9.80 Å². The van der Waals surface area contributed by atoms with E-state index >= 15 is 0 Å². The zero-order chi connectivity index (χ0) is 16.1. The van der Waals surface area contributed by atoms with Crippen LogP contribution in [0.2, 0.25) is 0 Å². The van der Waals surface area contributed by atoms with Crippen molar-refractivity contribution >= 4 is 11.8 Å². The number of halogens is 1. The van der Waals surface area contributed by atoms with Crippen LogP contribution < -0.4 is 0 Å². The third kappa shape index (κ3) is 3.64. The van der Waals surface area contributed by atoms with Gasteiger partial charge in [-0.25, -0.2) is 4.39 Å². The van der Waals surface area contributed by atoms with Crippen LogP contribution in [0, 0.1) is 11.7 Å². The van der Waals surface area contributed by atoms with E-state index < -0.39 is 5.82 Å². The molecule has 2 fully saturated rings. The summed E-state index contributed by atoms with van der Waals surface area (Å²) < 4.78 is 13.6. The van der Waals surface area contributed by atoms with E-state index in [4.69, 9.17) is 0 Å². The minimum absolute atomic E-state index is 0.106. The zero-order valence-electron chi connectivity index (χ0n) is 13.2. The van der Waals surface area contributed by atoms with E-state index in [1.165, 1.54) is 12.1 Å². The van der Waals surface area contributed by atoms with Crippen LogP contribution in [0.1, 0.15) is 37.0 Å². The lowest BCUT2D eigenvalue weighted by Gasteiger charge is -2.35. The van der Waals surface area contributed by atoms with Gasteiger partial charge in [-0.1, -0.05) is 26.0 Å². The SMILES string of the molecule is CC.O=C(c1ccccc1F)N1CCN(C(=O)C2CC2)CC1. The third-order valence-corrected chi connectivity index (χ3v) is 3.91. The van der Waals surface area contributed by atoms with Gasteiger partial charge in [-0.3, -0.25) is 9.59 Å². The number of nitrogens with zero attached hydrogens (tertiary/aromatic N) is 2. The first-order valence-corrected chi connectivity index (χ1v) is 7.99. The molecule has 2 aliphatic rings. The standard InChI is InChI=1S/C15H17FN2O2.C2H6/c16-13-4-2-1-3-12(13)15(20)18-9-7-17(8-10-18)14(19)11-5-6-11;1-2/h1-4,11H,5-10H2;1-2H3. The van der Waals surface area contributed by atoms with Gasteiger partial charge in [-0.05, 0) is 25.0 Å². The van der Waals surface area contributed by atoms with Gasteiger partial charge in [0.25, 0.3) is 5.91 Å². The maximum atomic E-state index is 13.6. The van der Waals surface area contributed by atoms with Crippen molar-refractivity contribution in [3.05, 3.63) is 35.6 Å². The van der Waals surface area contributed by atoms with E-state index in [1.54, 1.807) is 17.0 Å². The van der Waals surface area contributed by atoms with Gasteiger partial charge in [0.1, 0.15) is 5.82 Å². The highest BCUT2D eigenvalue weighted by Gasteiger charge is 2.35. The molecule has 0 spiro atoms. The van der Waals surface area contributed by atoms with Gasteiger partial charge in [0.05, 0.1) is 5.56 Å². The topological polar surface area (TPSA) is 40.6 Å². The molecule has 0 aromatic heterocycles. The van der Waals surface area contributed by atoms with Crippen molar-refractivity contribution in [3.63, 3.8) is 0 Å².